The molecule has 2 aliphatic rings. The Morgan fingerprint density at radius 1 is 1.50 bits per heavy atom. The van der Waals surface area contributed by atoms with Gasteiger partial charge in [0, 0.05) is 18.3 Å². The quantitative estimate of drug-likeness (QED) is 0.762. The zero-order chi connectivity index (χ0) is 12.6. The number of carbonyl (C=O) groups is 1. The summed E-state index contributed by atoms with van der Waals surface area (Å²) in [5.74, 6) is 0.649. The van der Waals surface area contributed by atoms with E-state index >= 15 is 0 Å². The molecule has 2 bridgehead atoms. The van der Waals surface area contributed by atoms with Crippen molar-refractivity contribution in [3.05, 3.63) is 23.9 Å². The molecule has 18 heavy (non-hydrogen) atoms. The molecule has 0 atom stereocenters. The van der Waals surface area contributed by atoms with Crippen LogP contribution in [-0.4, -0.2) is 34.5 Å². The van der Waals surface area contributed by atoms with E-state index in [0.29, 0.717) is 18.5 Å². The number of ether oxygens (including phenoxy) is 1. The number of aryl methyl sites for hydroxylation is 1. The highest BCUT2D eigenvalue weighted by Gasteiger charge is 2.51. The molecule has 2 saturated heterocycles. The maximum absolute atomic E-state index is 11.2. The molecule has 1 aromatic rings. The van der Waals surface area contributed by atoms with Gasteiger partial charge < -0.3 is 9.64 Å². The number of carbonyl (C=O) groups excluding carboxylic acids is 1. The third kappa shape index (κ3) is 1.76. The van der Waals surface area contributed by atoms with Crippen LogP contribution in [0.25, 0.3) is 0 Å². The Labute approximate surface area is 107 Å². The fourth-order valence-electron chi connectivity index (χ4n) is 3.23. The molecule has 3 heterocycles. The summed E-state index contributed by atoms with van der Waals surface area (Å²) in [6, 6.07) is 4.32. The van der Waals surface area contributed by atoms with Crippen LogP contribution < -0.4 is 4.74 Å². The van der Waals surface area contributed by atoms with Crippen LogP contribution in [0.3, 0.4) is 0 Å². The SMILES string of the molecule is Cc1ccc(OCC23CCC(CC2)N3C=O)nc1. The molecule has 2 aliphatic heterocycles. The van der Waals surface area contributed by atoms with Crippen LogP contribution in [0.2, 0.25) is 0 Å². The monoisotopic (exact) mass is 246 g/mol. The second kappa shape index (κ2) is 4.26. The van der Waals surface area contributed by atoms with Crippen LogP contribution >= 0.6 is 0 Å². The topological polar surface area (TPSA) is 42.4 Å². The smallest absolute Gasteiger partial charge is 0.213 e. The summed E-state index contributed by atoms with van der Waals surface area (Å²) in [7, 11) is 0. The summed E-state index contributed by atoms with van der Waals surface area (Å²) in [6.45, 7) is 2.57. The van der Waals surface area contributed by atoms with Crippen molar-refractivity contribution < 1.29 is 9.53 Å². The molecule has 96 valence electrons. The van der Waals surface area contributed by atoms with Crippen molar-refractivity contribution in [2.45, 2.75) is 44.2 Å². The van der Waals surface area contributed by atoms with Crippen LogP contribution in [0.4, 0.5) is 0 Å². The maximum Gasteiger partial charge on any atom is 0.213 e. The van der Waals surface area contributed by atoms with E-state index in [1.807, 2.05) is 24.0 Å². The number of fused-ring (bicyclic) bond motifs is 2. The third-order valence-electron chi connectivity index (χ3n) is 4.31. The summed E-state index contributed by atoms with van der Waals surface area (Å²) in [5, 5.41) is 0. The van der Waals surface area contributed by atoms with Gasteiger partial charge in [0.1, 0.15) is 6.61 Å². The first kappa shape index (κ1) is 11.5. The largest absolute Gasteiger partial charge is 0.475 e. The van der Waals surface area contributed by atoms with E-state index in [-0.39, 0.29) is 5.54 Å². The fraction of sp³-hybridized carbons (Fsp3) is 0.571. The van der Waals surface area contributed by atoms with Gasteiger partial charge in [0.2, 0.25) is 12.3 Å². The van der Waals surface area contributed by atoms with Crippen molar-refractivity contribution >= 4 is 6.41 Å². The van der Waals surface area contributed by atoms with Gasteiger partial charge in [0.15, 0.2) is 0 Å². The van der Waals surface area contributed by atoms with Crippen molar-refractivity contribution in [3.63, 3.8) is 0 Å². The summed E-state index contributed by atoms with van der Waals surface area (Å²) in [4.78, 5) is 17.4. The summed E-state index contributed by atoms with van der Waals surface area (Å²) < 4.78 is 5.79. The van der Waals surface area contributed by atoms with E-state index in [0.717, 1.165) is 37.7 Å². The molecule has 0 N–H and O–H groups in total. The first-order chi connectivity index (χ1) is 8.73. The minimum absolute atomic E-state index is 0.0705. The van der Waals surface area contributed by atoms with Gasteiger partial charge in [-0.15, -0.1) is 0 Å². The Morgan fingerprint density at radius 3 is 2.89 bits per heavy atom. The van der Waals surface area contributed by atoms with Crippen LogP contribution in [-0.2, 0) is 4.79 Å². The van der Waals surface area contributed by atoms with Gasteiger partial charge in [-0.25, -0.2) is 4.98 Å². The highest BCUT2D eigenvalue weighted by Crippen LogP contribution is 2.45. The zero-order valence-corrected chi connectivity index (χ0v) is 10.6. The molecule has 0 aliphatic carbocycles. The molecule has 4 heteroatoms. The van der Waals surface area contributed by atoms with Crippen LogP contribution in [0, 0.1) is 6.92 Å². The van der Waals surface area contributed by atoms with E-state index in [2.05, 4.69) is 4.98 Å². The molecule has 1 aromatic heterocycles. The lowest BCUT2D eigenvalue weighted by Gasteiger charge is -2.31. The van der Waals surface area contributed by atoms with Crippen molar-refractivity contribution in [1.29, 1.82) is 0 Å². The van der Waals surface area contributed by atoms with Crippen LogP contribution in [0.15, 0.2) is 18.3 Å². The molecule has 0 aromatic carbocycles. The summed E-state index contributed by atoms with van der Waals surface area (Å²) in [5.41, 5.74) is 1.05. The highest BCUT2D eigenvalue weighted by molar-refractivity contribution is 5.52. The number of nitrogens with zero attached hydrogens (tertiary/aromatic N) is 2. The summed E-state index contributed by atoms with van der Waals surface area (Å²) >= 11 is 0. The molecule has 3 rings (SSSR count). The molecule has 0 spiro atoms. The number of rotatable bonds is 4. The zero-order valence-electron chi connectivity index (χ0n) is 10.6. The van der Waals surface area contributed by atoms with E-state index in [1.54, 1.807) is 6.20 Å². The Kier molecular flexibility index (Phi) is 2.73. The molecular weight excluding hydrogens is 228 g/mol. The normalized spacial score (nSPS) is 29.6. The second-order valence-corrected chi connectivity index (χ2v) is 5.43. The number of hydrogen-bond acceptors (Lipinski definition) is 3. The van der Waals surface area contributed by atoms with Crippen LogP contribution in [0.5, 0.6) is 5.88 Å². The van der Waals surface area contributed by atoms with Gasteiger partial charge in [-0.1, -0.05) is 6.07 Å². The first-order valence-electron chi connectivity index (χ1n) is 6.53. The first-order valence-corrected chi connectivity index (χ1v) is 6.53. The highest BCUT2D eigenvalue weighted by atomic mass is 16.5. The predicted molar refractivity (Wildman–Crippen MR) is 67.4 cm³/mol. The van der Waals surface area contributed by atoms with Crippen LogP contribution in [0.1, 0.15) is 31.2 Å². The predicted octanol–water partition coefficient (Wildman–Crippen LogP) is 1.92. The van der Waals surface area contributed by atoms with E-state index in [4.69, 9.17) is 4.74 Å². The molecule has 4 nitrogen and oxygen atoms in total. The van der Waals surface area contributed by atoms with E-state index < -0.39 is 0 Å². The lowest BCUT2D eigenvalue weighted by atomic mass is 9.88. The van der Waals surface area contributed by atoms with Gasteiger partial charge in [0.25, 0.3) is 0 Å². The van der Waals surface area contributed by atoms with Gasteiger partial charge in [-0.3, -0.25) is 4.79 Å². The Balaban J connectivity index is 1.69. The minimum atomic E-state index is -0.0705. The number of pyridine rings is 1. The van der Waals surface area contributed by atoms with Crippen molar-refractivity contribution in [2.75, 3.05) is 6.61 Å². The van der Waals surface area contributed by atoms with E-state index in [1.165, 1.54) is 0 Å². The van der Waals surface area contributed by atoms with Crippen molar-refractivity contribution in [2.24, 2.45) is 0 Å². The number of hydrogen-bond donors (Lipinski definition) is 0. The number of amides is 1. The third-order valence-corrected chi connectivity index (χ3v) is 4.31. The molecule has 0 unspecified atom stereocenters. The fourth-order valence-corrected chi connectivity index (χ4v) is 3.23. The molecular formula is C14H18N2O2. The Morgan fingerprint density at radius 2 is 2.28 bits per heavy atom. The minimum Gasteiger partial charge on any atom is -0.475 e. The Hall–Kier alpha value is -1.58. The lowest BCUT2D eigenvalue weighted by molar-refractivity contribution is -0.122. The number of aromatic nitrogens is 1. The standard InChI is InChI=1S/C14H18N2O2/c1-11-2-3-13(15-8-11)18-9-14-6-4-12(5-7-14)16(14)10-17/h2-3,8,10,12H,4-7,9H2,1H3. The second-order valence-electron chi connectivity index (χ2n) is 5.43. The van der Waals surface area contributed by atoms with E-state index in [9.17, 15) is 4.79 Å². The molecule has 0 saturated carbocycles. The average molecular weight is 246 g/mol. The van der Waals surface area contributed by atoms with Gasteiger partial charge >= 0.3 is 0 Å². The van der Waals surface area contributed by atoms with Gasteiger partial charge in [-0.2, -0.15) is 0 Å². The van der Waals surface area contributed by atoms with Gasteiger partial charge in [0.05, 0.1) is 5.54 Å². The molecule has 1 amide bonds. The molecule has 0 radical (unpaired) electrons. The average Bonchev–Trinajstić information content (AvgIpc) is 2.92. The maximum atomic E-state index is 11.2. The Bertz CT molecular complexity index is 436. The van der Waals surface area contributed by atoms with Crippen molar-refractivity contribution in [3.8, 4) is 5.88 Å². The van der Waals surface area contributed by atoms with Gasteiger partial charge in [-0.05, 0) is 38.2 Å². The lowest BCUT2D eigenvalue weighted by Crippen LogP contribution is -2.45. The van der Waals surface area contributed by atoms with Crippen molar-refractivity contribution in [1.82, 2.24) is 9.88 Å². The molecule has 2 fully saturated rings. The summed E-state index contributed by atoms with van der Waals surface area (Å²) in [6.07, 6.45) is 7.14.